The Balaban J connectivity index is 2.47. The highest BCUT2D eigenvalue weighted by atomic mass is 16.6. The molecular weight excluding hydrogens is 198 g/mol. The van der Waals surface area contributed by atoms with E-state index in [0.29, 0.717) is 5.89 Å². The van der Waals surface area contributed by atoms with Gasteiger partial charge in [0.25, 0.3) is 0 Å². The molecule has 0 radical (unpaired) electrons. The zero-order valence-electron chi connectivity index (χ0n) is 9.35. The van der Waals surface area contributed by atoms with Gasteiger partial charge in [-0.3, -0.25) is 0 Å². The molecule has 0 atom stereocenters. The van der Waals surface area contributed by atoms with Crippen molar-refractivity contribution in [3.8, 4) is 0 Å². The van der Waals surface area contributed by atoms with Gasteiger partial charge < -0.3 is 14.1 Å². The lowest BCUT2D eigenvalue weighted by Gasteiger charge is -2.23. The predicted molar refractivity (Wildman–Crippen MR) is 52.0 cm³/mol. The molecule has 0 saturated heterocycles. The van der Waals surface area contributed by atoms with Gasteiger partial charge in [0, 0.05) is 7.05 Å². The van der Waals surface area contributed by atoms with Crippen LogP contribution in [0, 0.1) is 0 Å². The summed E-state index contributed by atoms with van der Waals surface area (Å²) in [6, 6.07) is 0. The van der Waals surface area contributed by atoms with Crippen molar-refractivity contribution in [2.24, 2.45) is 0 Å². The van der Waals surface area contributed by atoms with Crippen LogP contribution in [0.15, 0.2) is 10.8 Å². The number of carbonyl (C=O) groups excluding carboxylic acids is 1. The summed E-state index contributed by atoms with van der Waals surface area (Å²) in [4.78, 5) is 12.9. The molecule has 0 unspecified atom stereocenters. The van der Waals surface area contributed by atoms with Crippen molar-refractivity contribution in [1.82, 2.24) is 15.1 Å². The van der Waals surface area contributed by atoms with Crippen LogP contribution >= 0.6 is 0 Å². The monoisotopic (exact) mass is 213 g/mol. The number of nitrogens with zero attached hydrogens (tertiary/aromatic N) is 3. The Kier molecular flexibility index (Phi) is 3.28. The summed E-state index contributed by atoms with van der Waals surface area (Å²) in [6.45, 7) is 5.68. The van der Waals surface area contributed by atoms with Crippen LogP contribution in [-0.2, 0) is 11.3 Å². The zero-order chi connectivity index (χ0) is 11.5. The second kappa shape index (κ2) is 4.29. The Hall–Kier alpha value is -1.59. The topological polar surface area (TPSA) is 68.5 Å². The van der Waals surface area contributed by atoms with Crippen LogP contribution in [0.3, 0.4) is 0 Å². The summed E-state index contributed by atoms with van der Waals surface area (Å²) in [5.41, 5.74) is -0.500. The van der Waals surface area contributed by atoms with Crippen molar-refractivity contribution in [2.75, 3.05) is 7.05 Å². The fourth-order valence-electron chi connectivity index (χ4n) is 0.872. The maximum Gasteiger partial charge on any atom is 0.410 e. The highest BCUT2D eigenvalue weighted by Gasteiger charge is 2.20. The van der Waals surface area contributed by atoms with E-state index in [9.17, 15) is 4.79 Å². The quantitative estimate of drug-likeness (QED) is 0.743. The lowest BCUT2D eigenvalue weighted by Crippen LogP contribution is -2.33. The van der Waals surface area contributed by atoms with Gasteiger partial charge in [-0.1, -0.05) is 0 Å². The third-order valence-electron chi connectivity index (χ3n) is 1.48. The van der Waals surface area contributed by atoms with Crippen LogP contribution in [0.4, 0.5) is 4.79 Å². The van der Waals surface area contributed by atoms with E-state index in [-0.39, 0.29) is 6.54 Å². The SMILES string of the molecule is CN(Cc1nnco1)C(=O)OC(C)(C)C. The Morgan fingerprint density at radius 1 is 1.60 bits per heavy atom. The van der Waals surface area contributed by atoms with E-state index in [1.54, 1.807) is 7.05 Å². The molecule has 1 aromatic rings. The van der Waals surface area contributed by atoms with Gasteiger partial charge in [0.1, 0.15) is 12.1 Å². The molecule has 0 saturated carbocycles. The van der Waals surface area contributed by atoms with E-state index in [4.69, 9.17) is 9.15 Å². The third kappa shape index (κ3) is 3.97. The zero-order valence-corrected chi connectivity index (χ0v) is 9.35. The Morgan fingerprint density at radius 3 is 2.73 bits per heavy atom. The maximum absolute atomic E-state index is 11.5. The molecule has 15 heavy (non-hydrogen) atoms. The fraction of sp³-hybridized carbons (Fsp3) is 0.667. The summed E-state index contributed by atoms with van der Waals surface area (Å²) in [5, 5.41) is 7.18. The van der Waals surface area contributed by atoms with Crippen molar-refractivity contribution >= 4 is 6.09 Å². The molecule has 0 aliphatic carbocycles. The van der Waals surface area contributed by atoms with Gasteiger partial charge >= 0.3 is 6.09 Å². The third-order valence-corrected chi connectivity index (χ3v) is 1.48. The molecule has 0 N–H and O–H groups in total. The fourth-order valence-corrected chi connectivity index (χ4v) is 0.872. The number of hydrogen-bond acceptors (Lipinski definition) is 5. The van der Waals surface area contributed by atoms with Gasteiger partial charge in [-0.2, -0.15) is 0 Å². The minimum absolute atomic E-state index is 0.245. The number of carbonyl (C=O) groups is 1. The van der Waals surface area contributed by atoms with Crippen LogP contribution in [0.5, 0.6) is 0 Å². The van der Waals surface area contributed by atoms with Crippen molar-refractivity contribution in [3.63, 3.8) is 0 Å². The van der Waals surface area contributed by atoms with E-state index in [2.05, 4.69) is 10.2 Å². The summed E-state index contributed by atoms with van der Waals surface area (Å²) in [6.07, 6.45) is 0.804. The van der Waals surface area contributed by atoms with Gasteiger partial charge in [-0.05, 0) is 20.8 Å². The standard InChI is InChI=1S/C9H15N3O3/c1-9(2,3)15-8(13)12(4)5-7-11-10-6-14-7/h6H,5H2,1-4H3. The van der Waals surface area contributed by atoms with Gasteiger partial charge in [-0.25, -0.2) is 4.79 Å². The Labute approximate surface area is 88.2 Å². The number of hydrogen-bond donors (Lipinski definition) is 0. The van der Waals surface area contributed by atoms with Gasteiger partial charge in [0.15, 0.2) is 0 Å². The predicted octanol–water partition coefficient (Wildman–Crippen LogP) is 1.44. The molecule has 0 bridgehead atoms. The molecule has 6 nitrogen and oxygen atoms in total. The average molecular weight is 213 g/mol. The van der Waals surface area contributed by atoms with E-state index in [1.807, 2.05) is 20.8 Å². The molecule has 0 aliphatic rings. The van der Waals surface area contributed by atoms with Crippen molar-refractivity contribution in [1.29, 1.82) is 0 Å². The Morgan fingerprint density at radius 2 is 2.27 bits per heavy atom. The normalized spacial score (nSPS) is 11.2. The van der Waals surface area contributed by atoms with Gasteiger partial charge in [-0.15, -0.1) is 10.2 Å². The lowest BCUT2D eigenvalue weighted by molar-refractivity contribution is 0.0271. The average Bonchev–Trinajstić information content (AvgIpc) is 2.53. The first-order valence-corrected chi connectivity index (χ1v) is 4.57. The number of rotatable bonds is 2. The summed E-state index contributed by atoms with van der Waals surface area (Å²) >= 11 is 0. The first kappa shape index (κ1) is 11.5. The van der Waals surface area contributed by atoms with E-state index in [1.165, 1.54) is 11.3 Å². The van der Waals surface area contributed by atoms with E-state index in [0.717, 1.165) is 0 Å². The van der Waals surface area contributed by atoms with Crippen LogP contribution in [0.2, 0.25) is 0 Å². The number of aromatic nitrogens is 2. The van der Waals surface area contributed by atoms with Gasteiger partial charge in [0.2, 0.25) is 12.3 Å². The molecule has 1 heterocycles. The van der Waals surface area contributed by atoms with Gasteiger partial charge in [0.05, 0.1) is 0 Å². The molecule has 1 amide bonds. The summed E-state index contributed by atoms with van der Waals surface area (Å²) in [7, 11) is 1.61. The number of ether oxygens (including phenoxy) is 1. The highest BCUT2D eigenvalue weighted by molar-refractivity contribution is 5.67. The lowest BCUT2D eigenvalue weighted by atomic mass is 10.2. The Bertz CT molecular complexity index is 316. The molecule has 1 aromatic heterocycles. The second-order valence-corrected chi connectivity index (χ2v) is 4.17. The van der Waals surface area contributed by atoms with E-state index < -0.39 is 11.7 Å². The van der Waals surface area contributed by atoms with Crippen LogP contribution < -0.4 is 0 Å². The molecule has 1 rings (SSSR count). The summed E-state index contributed by atoms with van der Waals surface area (Å²) in [5.74, 6) is 0.378. The minimum Gasteiger partial charge on any atom is -0.444 e. The first-order chi connectivity index (χ1) is 6.88. The largest absolute Gasteiger partial charge is 0.444 e. The smallest absolute Gasteiger partial charge is 0.410 e. The molecule has 0 fully saturated rings. The highest BCUT2D eigenvalue weighted by Crippen LogP contribution is 2.10. The molecule has 0 aliphatic heterocycles. The second-order valence-electron chi connectivity index (χ2n) is 4.17. The van der Waals surface area contributed by atoms with Crippen molar-refractivity contribution in [2.45, 2.75) is 32.9 Å². The molecular formula is C9H15N3O3. The van der Waals surface area contributed by atoms with Crippen molar-refractivity contribution in [3.05, 3.63) is 12.3 Å². The van der Waals surface area contributed by atoms with E-state index >= 15 is 0 Å². The minimum atomic E-state index is -0.500. The van der Waals surface area contributed by atoms with Crippen LogP contribution in [0.1, 0.15) is 26.7 Å². The van der Waals surface area contributed by atoms with Crippen LogP contribution in [0.25, 0.3) is 0 Å². The first-order valence-electron chi connectivity index (χ1n) is 4.57. The van der Waals surface area contributed by atoms with Crippen LogP contribution in [-0.4, -0.2) is 33.8 Å². The molecule has 6 heteroatoms. The molecule has 0 aromatic carbocycles. The molecule has 0 spiro atoms. The van der Waals surface area contributed by atoms with Crippen molar-refractivity contribution < 1.29 is 13.9 Å². The maximum atomic E-state index is 11.5. The number of amides is 1. The molecule has 84 valence electrons. The summed E-state index contributed by atoms with van der Waals surface area (Å²) < 4.78 is 10.1.